The summed E-state index contributed by atoms with van der Waals surface area (Å²) < 4.78 is 0. The number of rotatable bonds is 9. The number of carbonyl (C=O) groups is 1. The summed E-state index contributed by atoms with van der Waals surface area (Å²) in [4.78, 5) is 19.2. The number of benzene rings is 2. The lowest BCUT2D eigenvalue weighted by molar-refractivity contribution is 0.0827. The van der Waals surface area contributed by atoms with Crippen LogP contribution in [0.5, 0.6) is 0 Å². The number of thioether (sulfide) groups is 1. The van der Waals surface area contributed by atoms with Crippen LogP contribution in [0, 0.1) is 0 Å². The summed E-state index contributed by atoms with van der Waals surface area (Å²) in [5, 5.41) is 6.69. The Morgan fingerprint density at radius 1 is 1.04 bits per heavy atom. The number of amides is 1. The second-order valence-electron chi connectivity index (χ2n) is 6.59. The first-order chi connectivity index (χ1) is 13.6. The lowest BCUT2D eigenvalue weighted by atomic mass is 10.1. The lowest BCUT2D eigenvalue weighted by Crippen LogP contribution is -2.38. The van der Waals surface area contributed by atoms with Gasteiger partial charge in [-0.1, -0.05) is 30.3 Å². The summed E-state index contributed by atoms with van der Waals surface area (Å²) in [6, 6.07) is 18.2. The zero-order valence-corrected chi connectivity index (χ0v) is 17.8. The van der Waals surface area contributed by atoms with E-state index in [-0.39, 0.29) is 5.91 Å². The van der Waals surface area contributed by atoms with Crippen LogP contribution in [0.25, 0.3) is 0 Å². The molecular formula is C22H30N4OS. The fraction of sp³-hybridized carbons (Fsp3) is 0.364. The third kappa shape index (κ3) is 7.64. The van der Waals surface area contributed by atoms with E-state index in [2.05, 4.69) is 39.9 Å². The van der Waals surface area contributed by atoms with Gasteiger partial charge in [0, 0.05) is 44.7 Å². The van der Waals surface area contributed by atoms with Crippen molar-refractivity contribution in [3.8, 4) is 0 Å². The second kappa shape index (κ2) is 12.1. The van der Waals surface area contributed by atoms with Gasteiger partial charge in [0.25, 0.3) is 5.91 Å². The van der Waals surface area contributed by atoms with Gasteiger partial charge in [-0.2, -0.15) is 0 Å². The van der Waals surface area contributed by atoms with Gasteiger partial charge in [0.1, 0.15) is 0 Å². The van der Waals surface area contributed by atoms with Crippen LogP contribution in [0.15, 0.2) is 64.5 Å². The first kappa shape index (κ1) is 21.8. The number of nitrogens with zero attached hydrogens (tertiary/aromatic N) is 2. The minimum atomic E-state index is 0.0284. The van der Waals surface area contributed by atoms with Crippen LogP contribution in [0.2, 0.25) is 0 Å². The standard InChI is InChI=1S/C22H30N4OS/c1-23-22(24-14-8-16-28-20-11-5-4-6-12-20)25-15-13-18-9-7-10-19(17-18)21(27)26(2)3/h4-7,9-12,17H,8,13-16H2,1-3H3,(H2,23,24,25). The topological polar surface area (TPSA) is 56.7 Å². The van der Waals surface area contributed by atoms with Gasteiger partial charge in [-0.3, -0.25) is 9.79 Å². The summed E-state index contributed by atoms with van der Waals surface area (Å²) in [7, 11) is 5.32. The van der Waals surface area contributed by atoms with Gasteiger partial charge >= 0.3 is 0 Å². The fourth-order valence-electron chi connectivity index (χ4n) is 2.65. The van der Waals surface area contributed by atoms with E-state index >= 15 is 0 Å². The van der Waals surface area contributed by atoms with Crippen molar-refractivity contribution in [2.45, 2.75) is 17.7 Å². The maximum Gasteiger partial charge on any atom is 0.253 e. The van der Waals surface area contributed by atoms with E-state index < -0.39 is 0 Å². The predicted molar refractivity (Wildman–Crippen MR) is 119 cm³/mol. The van der Waals surface area contributed by atoms with Crippen LogP contribution >= 0.6 is 11.8 Å². The van der Waals surface area contributed by atoms with E-state index in [0.29, 0.717) is 0 Å². The highest BCUT2D eigenvalue weighted by Crippen LogP contribution is 2.17. The van der Waals surface area contributed by atoms with Crippen LogP contribution in [0.1, 0.15) is 22.3 Å². The van der Waals surface area contributed by atoms with E-state index in [1.54, 1.807) is 26.0 Å². The SMILES string of the molecule is CN=C(NCCCSc1ccccc1)NCCc1cccc(C(=O)N(C)C)c1. The van der Waals surface area contributed by atoms with Crippen molar-refractivity contribution in [3.63, 3.8) is 0 Å². The molecule has 2 aromatic rings. The number of carbonyl (C=O) groups excluding carboxylic acids is 1. The van der Waals surface area contributed by atoms with Crippen molar-refractivity contribution < 1.29 is 4.79 Å². The van der Waals surface area contributed by atoms with Gasteiger partial charge in [-0.25, -0.2) is 0 Å². The highest BCUT2D eigenvalue weighted by molar-refractivity contribution is 7.99. The van der Waals surface area contributed by atoms with Crippen LogP contribution < -0.4 is 10.6 Å². The van der Waals surface area contributed by atoms with E-state index in [1.165, 1.54) is 4.90 Å². The van der Waals surface area contributed by atoms with Crippen molar-refractivity contribution in [3.05, 3.63) is 65.7 Å². The van der Waals surface area contributed by atoms with E-state index in [0.717, 1.165) is 48.8 Å². The highest BCUT2D eigenvalue weighted by atomic mass is 32.2. The van der Waals surface area contributed by atoms with Crippen LogP contribution in [-0.4, -0.2) is 56.8 Å². The van der Waals surface area contributed by atoms with Gasteiger partial charge in [0.05, 0.1) is 0 Å². The van der Waals surface area contributed by atoms with Crippen molar-refractivity contribution >= 4 is 23.6 Å². The number of hydrogen-bond acceptors (Lipinski definition) is 3. The Morgan fingerprint density at radius 3 is 2.50 bits per heavy atom. The molecule has 0 aromatic heterocycles. The number of nitrogens with one attached hydrogen (secondary N) is 2. The van der Waals surface area contributed by atoms with Gasteiger partial charge in [0.2, 0.25) is 0 Å². The van der Waals surface area contributed by atoms with Crippen molar-refractivity contribution in [2.75, 3.05) is 40.0 Å². The molecule has 0 atom stereocenters. The van der Waals surface area contributed by atoms with Crippen molar-refractivity contribution in [1.29, 1.82) is 0 Å². The maximum atomic E-state index is 12.1. The molecule has 0 fully saturated rings. The Morgan fingerprint density at radius 2 is 1.79 bits per heavy atom. The van der Waals surface area contributed by atoms with E-state index in [9.17, 15) is 4.79 Å². The Bertz CT molecular complexity index is 762. The van der Waals surface area contributed by atoms with Gasteiger partial charge in [-0.15, -0.1) is 11.8 Å². The molecule has 0 heterocycles. The van der Waals surface area contributed by atoms with Gasteiger partial charge in [0.15, 0.2) is 5.96 Å². The number of hydrogen-bond donors (Lipinski definition) is 2. The molecule has 2 aromatic carbocycles. The Labute approximate surface area is 172 Å². The van der Waals surface area contributed by atoms with Gasteiger partial charge < -0.3 is 15.5 Å². The average molecular weight is 399 g/mol. The first-order valence-corrected chi connectivity index (χ1v) is 10.5. The van der Waals surface area contributed by atoms with Crippen molar-refractivity contribution in [2.24, 2.45) is 4.99 Å². The predicted octanol–water partition coefficient (Wildman–Crippen LogP) is 3.28. The first-order valence-electron chi connectivity index (χ1n) is 9.53. The van der Waals surface area contributed by atoms with Crippen LogP contribution in [0.3, 0.4) is 0 Å². The lowest BCUT2D eigenvalue weighted by Gasteiger charge is -2.13. The third-order valence-electron chi connectivity index (χ3n) is 4.14. The molecule has 0 aliphatic heterocycles. The number of guanidine groups is 1. The summed E-state index contributed by atoms with van der Waals surface area (Å²) in [6.45, 7) is 1.64. The fourth-order valence-corrected chi connectivity index (χ4v) is 3.52. The zero-order chi connectivity index (χ0) is 20.2. The van der Waals surface area contributed by atoms with Gasteiger partial charge in [-0.05, 0) is 48.4 Å². The second-order valence-corrected chi connectivity index (χ2v) is 7.76. The minimum absolute atomic E-state index is 0.0284. The molecule has 2 N–H and O–H groups in total. The average Bonchev–Trinajstić information content (AvgIpc) is 2.72. The molecule has 0 radical (unpaired) electrons. The van der Waals surface area contributed by atoms with Crippen LogP contribution in [0.4, 0.5) is 0 Å². The van der Waals surface area contributed by atoms with E-state index in [1.807, 2.05) is 42.1 Å². The molecule has 0 bridgehead atoms. The molecular weight excluding hydrogens is 368 g/mol. The Balaban J connectivity index is 1.67. The summed E-state index contributed by atoms with van der Waals surface area (Å²) in [5.41, 5.74) is 1.86. The summed E-state index contributed by atoms with van der Waals surface area (Å²) >= 11 is 1.87. The smallest absolute Gasteiger partial charge is 0.253 e. The molecule has 0 spiro atoms. The normalized spacial score (nSPS) is 11.2. The molecule has 0 aliphatic carbocycles. The monoisotopic (exact) mass is 398 g/mol. The summed E-state index contributed by atoms with van der Waals surface area (Å²) in [5.74, 6) is 1.91. The molecule has 6 heteroatoms. The van der Waals surface area contributed by atoms with Crippen LogP contribution in [-0.2, 0) is 6.42 Å². The maximum absolute atomic E-state index is 12.1. The minimum Gasteiger partial charge on any atom is -0.356 e. The molecule has 0 aliphatic rings. The molecule has 0 saturated carbocycles. The third-order valence-corrected chi connectivity index (χ3v) is 5.23. The zero-order valence-electron chi connectivity index (χ0n) is 16.9. The Hall–Kier alpha value is -2.47. The molecule has 2 rings (SSSR count). The molecule has 0 unspecified atom stereocenters. The molecule has 150 valence electrons. The highest BCUT2D eigenvalue weighted by Gasteiger charge is 2.08. The molecule has 1 amide bonds. The molecule has 5 nitrogen and oxygen atoms in total. The summed E-state index contributed by atoms with van der Waals surface area (Å²) in [6.07, 6.45) is 1.90. The largest absolute Gasteiger partial charge is 0.356 e. The quantitative estimate of drug-likeness (QED) is 0.295. The van der Waals surface area contributed by atoms with E-state index in [4.69, 9.17) is 0 Å². The van der Waals surface area contributed by atoms with Crippen molar-refractivity contribution in [1.82, 2.24) is 15.5 Å². The number of aliphatic imine (C=N–C) groups is 1. The molecule has 28 heavy (non-hydrogen) atoms. The molecule has 0 saturated heterocycles. The Kier molecular flexibility index (Phi) is 9.42.